The fourth-order valence-corrected chi connectivity index (χ4v) is 2.53. The maximum atomic E-state index is 12.3. The summed E-state index contributed by atoms with van der Waals surface area (Å²) in [5.74, 6) is -0.152. The molecule has 0 aliphatic rings. The van der Waals surface area contributed by atoms with Crippen molar-refractivity contribution in [2.75, 3.05) is 0 Å². The number of hydrogen-bond donors (Lipinski definition) is 1. The molecule has 0 aliphatic carbocycles. The molecule has 1 aromatic heterocycles. The van der Waals surface area contributed by atoms with Crippen LogP contribution in [0.25, 0.3) is 0 Å². The van der Waals surface area contributed by atoms with Crippen molar-refractivity contribution >= 4 is 17.7 Å². The van der Waals surface area contributed by atoms with Crippen molar-refractivity contribution in [3.63, 3.8) is 0 Å². The van der Waals surface area contributed by atoms with Gasteiger partial charge >= 0.3 is 0 Å². The molecule has 0 saturated heterocycles. The third-order valence-electron chi connectivity index (χ3n) is 4.03. The number of nitriles is 1. The van der Waals surface area contributed by atoms with Gasteiger partial charge in [0.1, 0.15) is 5.54 Å². The van der Waals surface area contributed by atoms with E-state index in [-0.39, 0.29) is 17.1 Å². The van der Waals surface area contributed by atoms with Gasteiger partial charge in [0, 0.05) is 11.4 Å². The van der Waals surface area contributed by atoms with Crippen LogP contribution >= 0.6 is 11.8 Å². The SMILES string of the molecule is Cc1nc(S[C@@H](C)C(=O)N[C@](C)(C#N)C(C)C)nc(C)c1C. The van der Waals surface area contributed by atoms with Gasteiger partial charge in [-0.1, -0.05) is 25.6 Å². The minimum Gasteiger partial charge on any atom is -0.337 e. The summed E-state index contributed by atoms with van der Waals surface area (Å²) in [5.41, 5.74) is 2.04. The molecule has 1 heterocycles. The van der Waals surface area contributed by atoms with Crippen LogP contribution in [0.1, 0.15) is 44.6 Å². The molecule has 1 rings (SSSR count). The van der Waals surface area contributed by atoms with E-state index in [4.69, 9.17) is 0 Å². The minimum absolute atomic E-state index is 0.0266. The van der Waals surface area contributed by atoms with E-state index in [9.17, 15) is 10.1 Å². The Kier molecular flexibility index (Phi) is 5.95. The van der Waals surface area contributed by atoms with E-state index in [1.165, 1.54) is 11.8 Å². The van der Waals surface area contributed by atoms with Gasteiger partial charge in [0.25, 0.3) is 0 Å². The van der Waals surface area contributed by atoms with Gasteiger partial charge in [0.2, 0.25) is 5.91 Å². The molecule has 0 aromatic carbocycles. The first-order chi connectivity index (χ1) is 10.1. The van der Waals surface area contributed by atoms with Crippen LogP contribution in [0, 0.1) is 38.0 Å². The number of rotatable bonds is 5. The first-order valence-corrected chi connectivity index (χ1v) is 8.20. The smallest absolute Gasteiger partial charge is 0.234 e. The van der Waals surface area contributed by atoms with E-state index in [1.807, 2.05) is 34.6 Å². The van der Waals surface area contributed by atoms with E-state index in [1.54, 1.807) is 13.8 Å². The quantitative estimate of drug-likeness (QED) is 0.666. The van der Waals surface area contributed by atoms with Gasteiger partial charge in [0.15, 0.2) is 5.16 Å². The molecule has 1 N–H and O–H groups in total. The highest BCUT2D eigenvalue weighted by atomic mass is 32.2. The molecule has 0 fully saturated rings. The number of aryl methyl sites for hydroxylation is 2. The Morgan fingerprint density at radius 2 is 1.73 bits per heavy atom. The van der Waals surface area contributed by atoms with Crippen LogP contribution in [0.2, 0.25) is 0 Å². The Labute approximate surface area is 136 Å². The molecule has 6 heteroatoms. The molecule has 0 radical (unpaired) electrons. The Morgan fingerprint density at radius 1 is 1.23 bits per heavy atom. The predicted molar refractivity (Wildman–Crippen MR) is 88.6 cm³/mol. The van der Waals surface area contributed by atoms with E-state index in [0.29, 0.717) is 5.16 Å². The Balaban J connectivity index is 2.83. The summed E-state index contributed by atoms with van der Waals surface area (Å²) in [7, 11) is 0. The molecule has 2 atom stereocenters. The largest absolute Gasteiger partial charge is 0.337 e. The number of amides is 1. The molecule has 0 spiro atoms. The van der Waals surface area contributed by atoms with Crippen molar-refractivity contribution in [1.82, 2.24) is 15.3 Å². The summed E-state index contributed by atoms with van der Waals surface area (Å²) in [4.78, 5) is 21.2. The van der Waals surface area contributed by atoms with Crippen LogP contribution in [0.15, 0.2) is 5.16 Å². The van der Waals surface area contributed by atoms with Crippen LogP contribution in [-0.2, 0) is 4.79 Å². The van der Waals surface area contributed by atoms with Crippen molar-refractivity contribution in [3.05, 3.63) is 17.0 Å². The first kappa shape index (κ1) is 18.4. The lowest BCUT2D eigenvalue weighted by Gasteiger charge is -2.28. The lowest BCUT2D eigenvalue weighted by Crippen LogP contribution is -2.51. The van der Waals surface area contributed by atoms with Crippen molar-refractivity contribution in [2.24, 2.45) is 5.92 Å². The number of aromatic nitrogens is 2. The van der Waals surface area contributed by atoms with E-state index >= 15 is 0 Å². The van der Waals surface area contributed by atoms with E-state index < -0.39 is 5.54 Å². The average molecular weight is 320 g/mol. The van der Waals surface area contributed by atoms with Crippen LogP contribution in [-0.4, -0.2) is 26.7 Å². The summed E-state index contributed by atoms with van der Waals surface area (Å²) >= 11 is 1.31. The highest BCUT2D eigenvalue weighted by Gasteiger charge is 2.32. The summed E-state index contributed by atoms with van der Waals surface area (Å²) < 4.78 is 0. The number of carbonyl (C=O) groups excluding carboxylic acids is 1. The molecule has 0 aliphatic heterocycles. The summed E-state index contributed by atoms with van der Waals surface area (Å²) in [6, 6.07) is 2.18. The molecule has 1 amide bonds. The molecule has 120 valence electrons. The van der Waals surface area contributed by atoms with Crippen molar-refractivity contribution in [3.8, 4) is 6.07 Å². The average Bonchev–Trinajstić information content (AvgIpc) is 2.44. The standard InChI is InChI=1S/C16H24N4OS/c1-9(2)16(7,8-17)20-14(21)13(6)22-15-18-11(4)10(3)12(5)19-15/h9,13H,1-7H3,(H,20,21)/t13-,16+/m0/s1. The lowest BCUT2D eigenvalue weighted by molar-refractivity contribution is -0.121. The summed E-state index contributed by atoms with van der Waals surface area (Å²) in [5, 5.41) is 12.3. The third kappa shape index (κ3) is 4.20. The number of thioether (sulfide) groups is 1. The minimum atomic E-state index is -0.869. The monoisotopic (exact) mass is 320 g/mol. The van der Waals surface area contributed by atoms with E-state index in [0.717, 1.165) is 17.0 Å². The maximum Gasteiger partial charge on any atom is 0.234 e. The molecule has 0 unspecified atom stereocenters. The van der Waals surface area contributed by atoms with Gasteiger partial charge in [-0.2, -0.15) is 5.26 Å². The van der Waals surface area contributed by atoms with Crippen LogP contribution < -0.4 is 5.32 Å². The van der Waals surface area contributed by atoms with Gasteiger partial charge in [-0.05, 0) is 46.1 Å². The third-order valence-corrected chi connectivity index (χ3v) is 4.99. The van der Waals surface area contributed by atoms with Crippen molar-refractivity contribution in [1.29, 1.82) is 5.26 Å². The second kappa shape index (κ2) is 7.10. The maximum absolute atomic E-state index is 12.3. The first-order valence-electron chi connectivity index (χ1n) is 7.32. The zero-order valence-corrected chi connectivity index (χ0v) is 15.1. The molecular weight excluding hydrogens is 296 g/mol. The van der Waals surface area contributed by atoms with Gasteiger partial charge in [-0.25, -0.2) is 9.97 Å². The fraction of sp³-hybridized carbons (Fsp3) is 0.625. The second-order valence-corrected chi connectivity index (χ2v) is 7.33. The zero-order chi connectivity index (χ0) is 17.1. The molecule has 1 aromatic rings. The highest BCUT2D eigenvalue weighted by Crippen LogP contribution is 2.23. The Hall–Kier alpha value is -1.61. The zero-order valence-electron chi connectivity index (χ0n) is 14.3. The van der Waals surface area contributed by atoms with Gasteiger partial charge in [-0.15, -0.1) is 0 Å². The van der Waals surface area contributed by atoms with Crippen LogP contribution in [0.5, 0.6) is 0 Å². The van der Waals surface area contributed by atoms with Gasteiger partial charge in [-0.3, -0.25) is 4.79 Å². The topological polar surface area (TPSA) is 78.7 Å². The summed E-state index contributed by atoms with van der Waals surface area (Å²) in [6.07, 6.45) is 0. The lowest BCUT2D eigenvalue weighted by atomic mass is 9.90. The Morgan fingerprint density at radius 3 is 2.14 bits per heavy atom. The van der Waals surface area contributed by atoms with Crippen molar-refractivity contribution < 1.29 is 4.79 Å². The van der Waals surface area contributed by atoms with Gasteiger partial charge in [0.05, 0.1) is 11.3 Å². The highest BCUT2D eigenvalue weighted by molar-refractivity contribution is 8.00. The molecule has 0 saturated carbocycles. The fourth-order valence-electron chi connectivity index (χ4n) is 1.66. The van der Waals surface area contributed by atoms with Gasteiger partial charge < -0.3 is 5.32 Å². The molecule has 5 nitrogen and oxygen atoms in total. The number of nitrogens with zero attached hydrogens (tertiary/aromatic N) is 3. The predicted octanol–water partition coefficient (Wildman–Crippen LogP) is 2.94. The summed E-state index contributed by atoms with van der Waals surface area (Å²) in [6.45, 7) is 13.2. The van der Waals surface area contributed by atoms with Crippen LogP contribution in [0.4, 0.5) is 0 Å². The molecule has 22 heavy (non-hydrogen) atoms. The number of carbonyl (C=O) groups is 1. The molecule has 0 bridgehead atoms. The normalized spacial score (nSPS) is 15.0. The second-order valence-electron chi connectivity index (χ2n) is 6.02. The van der Waals surface area contributed by atoms with Crippen molar-refractivity contribution in [2.45, 2.75) is 64.4 Å². The molecular formula is C16H24N4OS. The number of nitrogens with one attached hydrogen (secondary N) is 1. The Bertz CT molecular complexity index is 586. The number of hydrogen-bond acceptors (Lipinski definition) is 5. The van der Waals surface area contributed by atoms with Crippen LogP contribution in [0.3, 0.4) is 0 Å². The van der Waals surface area contributed by atoms with E-state index in [2.05, 4.69) is 21.4 Å².